The second-order valence-electron chi connectivity index (χ2n) is 10.9. The fourth-order valence-corrected chi connectivity index (χ4v) is 6.18. The molecule has 0 radical (unpaired) electrons. The van der Waals surface area contributed by atoms with Crippen LogP contribution in [0.1, 0.15) is 0 Å². The van der Waals surface area contributed by atoms with Crippen molar-refractivity contribution in [2.24, 2.45) is 0 Å². The second-order valence-corrected chi connectivity index (χ2v) is 11.7. The first-order valence-electron chi connectivity index (χ1n) is 15.2. The van der Waals surface area contributed by atoms with Crippen LogP contribution >= 0.6 is 23.2 Å². The van der Waals surface area contributed by atoms with Gasteiger partial charge in [-0.3, -0.25) is 0 Å². The third kappa shape index (κ3) is 6.14. The van der Waals surface area contributed by atoms with E-state index in [1.165, 1.54) is 22.3 Å². The summed E-state index contributed by atoms with van der Waals surface area (Å²) in [5.74, 6) is 0. The molecule has 0 aliphatic rings. The third-order valence-corrected chi connectivity index (χ3v) is 8.66. The van der Waals surface area contributed by atoms with Crippen LogP contribution in [-0.2, 0) is 0 Å². The molecule has 0 heterocycles. The first-order valence-corrected chi connectivity index (χ1v) is 15.9. The van der Waals surface area contributed by atoms with Crippen LogP contribution in [0.3, 0.4) is 0 Å². The Hall–Kier alpha value is -5.28. The van der Waals surface area contributed by atoms with Crippen molar-refractivity contribution in [2.45, 2.75) is 0 Å². The Morgan fingerprint density at radius 2 is 0.543 bits per heavy atom. The van der Waals surface area contributed by atoms with Crippen molar-refractivity contribution in [1.82, 2.24) is 0 Å². The normalized spacial score (nSPS) is 10.8. The standard InChI is InChI=1S/C42H30Cl2N2/c43-39-15-7-9-17-41(39)46(42-18-10-8-16-40(42)44)38-29-27-37(28-30-38)45(35-23-19-33(20-24-35)31-11-3-1-4-12-31)36-25-21-34(22-26-36)32-13-5-2-6-14-32/h1-30H. The van der Waals surface area contributed by atoms with Crippen LogP contribution in [0.4, 0.5) is 34.1 Å². The lowest BCUT2D eigenvalue weighted by atomic mass is 10.0. The first kappa shape index (κ1) is 29.4. The zero-order valence-corrected chi connectivity index (χ0v) is 26.5. The van der Waals surface area contributed by atoms with Crippen molar-refractivity contribution in [3.05, 3.63) is 192 Å². The van der Waals surface area contributed by atoms with Crippen LogP contribution in [0.2, 0.25) is 10.0 Å². The molecule has 0 spiro atoms. The van der Waals surface area contributed by atoms with Crippen LogP contribution in [0.5, 0.6) is 0 Å². The summed E-state index contributed by atoms with van der Waals surface area (Å²) >= 11 is 13.5. The quantitative estimate of drug-likeness (QED) is 0.164. The van der Waals surface area contributed by atoms with Crippen molar-refractivity contribution in [2.75, 3.05) is 9.80 Å². The Bertz CT molecular complexity index is 1910. The average Bonchev–Trinajstić information content (AvgIpc) is 3.12. The van der Waals surface area contributed by atoms with Crippen molar-refractivity contribution < 1.29 is 0 Å². The first-order chi connectivity index (χ1) is 22.7. The summed E-state index contributed by atoms with van der Waals surface area (Å²) in [7, 11) is 0. The van der Waals surface area contributed by atoms with Gasteiger partial charge in [0.2, 0.25) is 0 Å². The SMILES string of the molecule is Clc1ccccc1N(c1ccc(N(c2ccc(-c3ccccc3)cc2)c2ccc(-c3ccccc3)cc2)cc1)c1ccccc1Cl. The number of para-hydroxylation sites is 2. The average molecular weight is 634 g/mol. The van der Waals surface area contributed by atoms with E-state index in [4.69, 9.17) is 23.2 Å². The Kier molecular flexibility index (Phi) is 8.56. The maximum atomic E-state index is 6.73. The summed E-state index contributed by atoms with van der Waals surface area (Å²) in [5, 5.41) is 1.29. The van der Waals surface area contributed by atoms with E-state index < -0.39 is 0 Å². The monoisotopic (exact) mass is 632 g/mol. The van der Waals surface area contributed by atoms with E-state index in [9.17, 15) is 0 Å². The van der Waals surface area contributed by atoms with Crippen molar-refractivity contribution in [3.63, 3.8) is 0 Å². The maximum Gasteiger partial charge on any atom is 0.0648 e. The van der Waals surface area contributed by atoms with Crippen LogP contribution in [-0.4, -0.2) is 0 Å². The minimum atomic E-state index is 0.644. The second kappa shape index (κ2) is 13.4. The minimum Gasteiger partial charge on any atom is -0.311 e. The molecule has 0 amide bonds. The topological polar surface area (TPSA) is 6.48 Å². The zero-order valence-electron chi connectivity index (χ0n) is 25.0. The smallest absolute Gasteiger partial charge is 0.0648 e. The molecule has 0 saturated heterocycles. The highest BCUT2D eigenvalue weighted by atomic mass is 35.5. The molecule has 0 fully saturated rings. The molecule has 4 heteroatoms. The molecule has 0 aromatic heterocycles. The largest absolute Gasteiger partial charge is 0.311 e. The Morgan fingerprint density at radius 1 is 0.261 bits per heavy atom. The highest BCUT2D eigenvalue weighted by Crippen LogP contribution is 2.43. The van der Waals surface area contributed by atoms with Gasteiger partial charge in [0, 0.05) is 22.7 Å². The summed E-state index contributed by atoms with van der Waals surface area (Å²) in [5.41, 5.74) is 10.6. The lowest BCUT2D eigenvalue weighted by Gasteiger charge is -2.29. The molecule has 0 N–H and O–H groups in total. The molecule has 0 unspecified atom stereocenters. The maximum absolute atomic E-state index is 6.73. The third-order valence-electron chi connectivity index (χ3n) is 8.02. The fraction of sp³-hybridized carbons (Fsp3) is 0. The van der Waals surface area contributed by atoms with Crippen molar-refractivity contribution >= 4 is 57.3 Å². The van der Waals surface area contributed by atoms with E-state index in [1.807, 2.05) is 60.7 Å². The molecule has 0 aliphatic heterocycles. The van der Waals surface area contributed by atoms with Crippen LogP contribution in [0.15, 0.2) is 182 Å². The molecule has 0 bridgehead atoms. The van der Waals surface area contributed by atoms with E-state index in [2.05, 4.69) is 131 Å². The molecular formula is C42H30Cl2N2. The molecular weight excluding hydrogens is 603 g/mol. The Balaban J connectivity index is 1.30. The number of halogens is 2. The van der Waals surface area contributed by atoms with Crippen molar-refractivity contribution in [3.8, 4) is 22.3 Å². The zero-order chi connectivity index (χ0) is 31.3. The van der Waals surface area contributed by atoms with E-state index in [0.29, 0.717) is 10.0 Å². The van der Waals surface area contributed by atoms with Gasteiger partial charge in [0.15, 0.2) is 0 Å². The van der Waals surface area contributed by atoms with E-state index in [0.717, 1.165) is 34.1 Å². The molecule has 0 atom stereocenters. The van der Waals surface area contributed by atoms with Gasteiger partial charge in [0.05, 0.1) is 21.4 Å². The molecule has 0 aliphatic carbocycles. The van der Waals surface area contributed by atoms with Crippen LogP contribution < -0.4 is 9.80 Å². The number of hydrogen-bond donors (Lipinski definition) is 0. The Morgan fingerprint density at radius 3 is 0.913 bits per heavy atom. The van der Waals surface area contributed by atoms with Gasteiger partial charge in [-0.25, -0.2) is 0 Å². The van der Waals surface area contributed by atoms with Crippen molar-refractivity contribution in [1.29, 1.82) is 0 Å². The molecule has 46 heavy (non-hydrogen) atoms. The molecule has 222 valence electrons. The van der Waals surface area contributed by atoms with Gasteiger partial charge >= 0.3 is 0 Å². The van der Waals surface area contributed by atoms with Gasteiger partial charge in [0.25, 0.3) is 0 Å². The van der Waals surface area contributed by atoms with Gasteiger partial charge in [0.1, 0.15) is 0 Å². The summed E-state index contributed by atoms with van der Waals surface area (Å²) in [6, 6.07) is 62.5. The molecule has 7 aromatic rings. The van der Waals surface area contributed by atoms with E-state index >= 15 is 0 Å². The minimum absolute atomic E-state index is 0.644. The molecule has 0 saturated carbocycles. The molecule has 2 nitrogen and oxygen atoms in total. The number of hydrogen-bond acceptors (Lipinski definition) is 2. The van der Waals surface area contributed by atoms with E-state index in [-0.39, 0.29) is 0 Å². The summed E-state index contributed by atoms with van der Waals surface area (Å²) in [4.78, 5) is 4.38. The highest BCUT2D eigenvalue weighted by Gasteiger charge is 2.19. The lowest BCUT2D eigenvalue weighted by molar-refractivity contribution is 1.26. The summed E-state index contributed by atoms with van der Waals surface area (Å²) < 4.78 is 0. The number of nitrogens with zero attached hydrogens (tertiary/aromatic N) is 2. The van der Waals surface area contributed by atoms with Crippen LogP contribution in [0.25, 0.3) is 22.3 Å². The van der Waals surface area contributed by atoms with Gasteiger partial charge in [-0.1, -0.05) is 132 Å². The summed E-state index contributed by atoms with van der Waals surface area (Å²) in [6.07, 6.45) is 0. The van der Waals surface area contributed by atoms with Gasteiger partial charge in [-0.15, -0.1) is 0 Å². The molecule has 7 rings (SSSR count). The fourth-order valence-electron chi connectivity index (χ4n) is 5.74. The molecule has 7 aromatic carbocycles. The number of anilines is 6. The van der Waals surface area contributed by atoms with E-state index in [1.54, 1.807) is 0 Å². The van der Waals surface area contributed by atoms with Gasteiger partial charge in [-0.2, -0.15) is 0 Å². The number of rotatable bonds is 8. The predicted octanol–water partition coefficient (Wildman–Crippen LogP) is 13.3. The Labute approximate surface area is 280 Å². The highest BCUT2D eigenvalue weighted by molar-refractivity contribution is 6.35. The predicted molar refractivity (Wildman–Crippen MR) is 197 cm³/mol. The van der Waals surface area contributed by atoms with Gasteiger partial charge < -0.3 is 9.80 Å². The summed E-state index contributed by atoms with van der Waals surface area (Å²) in [6.45, 7) is 0. The van der Waals surface area contributed by atoms with Crippen LogP contribution in [0, 0.1) is 0 Å². The number of benzene rings is 7. The van der Waals surface area contributed by atoms with Gasteiger partial charge in [-0.05, 0) is 95.1 Å². The lowest BCUT2D eigenvalue weighted by Crippen LogP contribution is -2.12.